The molecule has 1 saturated heterocycles. The van der Waals surface area contributed by atoms with E-state index in [-0.39, 0.29) is 12.4 Å². The van der Waals surface area contributed by atoms with Crippen molar-refractivity contribution in [3.05, 3.63) is 0 Å². The summed E-state index contributed by atoms with van der Waals surface area (Å²) in [6.07, 6.45) is 0. The van der Waals surface area contributed by atoms with Crippen molar-refractivity contribution in [2.24, 2.45) is 5.92 Å². The summed E-state index contributed by atoms with van der Waals surface area (Å²) in [5, 5.41) is 3.05. The summed E-state index contributed by atoms with van der Waals surface area (Å²) in [5.41, 5.74) is 0. The van der Waals surface area contributed by atoms with Crippen LogP contribution in [0.5, 0.6) is 0 Å². The lowest BCUT2D eigenvalue weighted by atomic mass is 10.1. The molecule has 0 bridgehead atoms. The van der Waals surface area contributed by atoms with E-state index < -0.39 is 5.97 Å². The van der Waals surface area contributed by atoms with E-state index in [9.17, 15) is 4.79 Å². The highest BCUT2D eigenvalue weighted by molar-refractivity contribution is 5.88. The molecule has 1 fully saturated rings. The zero-order valence-electron chi connectivity index (χ0n) is 6.22. The monoisotopic (exact) mass is 175 g/mol. The molecule has 1 rings (SSSR count). The lowest BCUT2D eigenvalue weighted by molar-refractivity contribution is -0.133. The molecular weight excluding hydrogens is 166 g/mol. The molecule has 0 saturated carbocycles. The van der Waals surface area contributed by atoms with E-state index >= 15 is 0 Å². The quantitative estimate of drug-likeness (QED) is 0.315. The number of methoxy groups -OCH3 is 1. The number of rotatable bonds is 0. The Kier molecular flexibility index (Phi) is 4.67. The molecule has 0 aliphatic carbocycles. The van der Waals surface area contributed by atoms with Gasteiger partial charge in [0.25, 0.3) is 0 Å². The zero-order valence-corrected chi connectivity index (χ0v) is 7.03. The summed E-state index contributed by atoms with van der Waals surface area (Å²) in [5.74, 6) is 5.06. The van der Waals surface area contributed by atoms with Crippen LogP contribution in [0.1, 0.15) is 0 Å². The van der Waals surface area contributed by atoms with Crippen LogP contribution in [0.3, 0.4) is 0 Å². The van der Waals surface area contributed by atoms with Crippen LogP contribution in [-0.2, 0) is 9.53 Å². The summed E-state index contributed by atoms with van der Waals surface area (Å²) >= 11 is 0. The highest BCUT2D eigenvalue weighted by Gasteiger charge is 2.12. The Balaban J connectivity index is 0.000001000. The van der Waals surface area contributed by atoms with Gasteiger partial charge in [0.15, 0.2) is 0 Å². The van der Waals surface area contributed by atoms with Crippen molar-refractivity contribution >= 4 is 18.4 Å². The molecule has 11 heavy (non-hydrogen) atoms. The van der Waals surface area contributed by atoms with Gasteiger partial charge in [0.05, 0.1) is 7.11 Å². The van der Waals surface area contributed by atoms with Crippen molar-refractivity contribution in [1.82, 2.24) is 5.32 Å². The molecule has 0 amide bonds. The molecule has 0 unspecified atom stereocenters. The van der Waals surface area contributed by atoms with Crippen molar-refractivity contribution in [2.75, 3.05) is 20.2 Å². The Hall–Kier alpha value is -0.720. The van der Waals surface area contributed by atoms with E-state index in [1.807, 2.05) is 0 Å². The molecule has 0 spiro atoms. The molecule has 0 aromatic carbocycles. The number of halogens is 1. The van der Waals surface area contributed by atoms with Gasteiger partial charge in [-0.25, -0.2) is 4.79 Å². The molecule has 62 valence electrons. The maximum atomic E-state index is 10.4. The Bertz CT molecular complexity index is 190. The second-order valence-electron chi connectivity index (χ2n) is 2.12. The molecule has 1 aliphatic heterocycles. The largest absolute Gasteiger partial charge is 0.459 e. The first-order chi connectivity index (χ1) is 4.83. The molecular formula is C7H10ClNO2. The van der Waals surface area contributed by atoms with E-state index in [4.69, 9.17) is 0 Å². The van der Waals surface area contributed by atoms with Gasteiger partial charge in [-0.3, -0.25) is 0 Å². The van der Waals surface area contributed by atoms with Crippen molar-refractivity contribution in [1.29, 1.82) is 0 Å². The summed E-state index contributed by atoms with van der Waals surface area (Å²) in [6.45, 7) is 1.79. The van der Waals surface area contributed by atoms with Crippen LogP contribution in [0.2, 0.25) is 0 Å². The Morgan fingerprint density at radius 3 is 2.64 bits per heavy atom. The third-order valence-corrected chi connectivity index (χ3v) is 1.35. The van der Waals surface area contributed by atoms with Crippen LogP contribution in [0.15, 0.2) is 0 Å². The number of nitrogens with one attached hydrogen (secondary N) is 1. The average molecular weight is 176 g/mol. The Morgan fingerprint density at radius 1 is 1.64 bits per heavy atom. The second kappa shape index (κ2) is 5.00. The van der Waals surface area contributed by atoms with Gasteiger partial charge in [-0.05, 0) is 0 Å². The minimum absolute atomic E-state index is 0. The molecule has 0 atom stereocenters. The first-order valence-corrected chi connectivity index (χ1v) is 3.13. The molecule has 1 N–H and O–H groups in total. The van der Waals surface area contributed by atoms with Gasteiger partial charge in [0, 0.05) is 24.9 Å². The van der Waals surface area contributed by atoms with Gasteiger partial charge in [-0.15, -0.1) is 12.4 Å². The molecule has 0 aromatic heterocycles. The third-order valence-electron chi connectivity index (χ3n) is 1.35. The van der Waals surface area contributed by atoms with E-state index in [1.165, 1.54) is 7.11 Å². The predicted molar refractivity (Wildman–Crippen MR) is 43.4 cm³/mol. The molecule has 4 heteroatoms. The first-order valence-electron chi connectivity index (χ1n) is 3.13. The molecule has 0 aromatic rings. The lowest BCUT2D eigenvalue weighted by Gasteiger charge is -2.20. The predicted octanol–water partition coefficient (Wildman–Crippen LogP) is -0.196. The maximum Gasteiger partial charge on any atom is 0.384 e. The molecule has 1 heterocycles. The lowest BCUT2D eigenvalue weighted by Crippen LogP contribution is -2.41. The van der Waals surface area contributed by atoms with Crippen molar-refractivity contribution in [3.8, 4) is 11.8 Å². The normalized spacial score (nSPS) is 15.0. The minimum atomic E-state index is -0.452. The standard InChI is InChI=1S/C7H9NO2.ClH/c1-10-7(9)3-2-6-4-8-5-6;/h6,8H,4-5H2,1H3;1H. The van der Waals surface area contributed by atoms with E-state index in [2.05, 4.69) is 21.9 Å². The highest BCUT2D eigenvalue weighted by Crippen LogP contribution is 1.98. The Morgan fingerprint density at radius 2 is 2.27 bits per heavy atom. The van der Waals surface area contributed by atoms with Crippen LogP contribution in [-0.4, -0.2) is 26.2 Å². The first kappa shape index (κ1) is 10.3. The Labute approximate surface area is 71.9 Å². The van der Waals surface area contributed by atoms with Gasteiger partial charge in [0.2, 0.25) is 0 Å². The van der Waals surface area contributed by atoms with Crippen molar-refractivity contribution in [2.45, 2.75) is 0 Å². The van der Waals surface area contributed by atoms with Crippen molar-refractivity contribution in [3.63, 3.8) is 0 Å². The summed E-state index contributed by atoms with van der Waals surface area (Å²) in [6, 6.07) is 0. The number of esters is 1. The summed E-state index contributed by atoms with van der Waals surface area (Å²) in [7, 11) is 1.33. The van der Waals surface area contributed by atoms with Gasteiger partial charge >= 0.3 is 5.97 Å². The fourth-order valence-electron chi connectivity index (χ4n) is 0.603. The van der Waals surface area contributed by atoms with Gasteiger partial charge in [-0.1, -0.05) is 5.92 Å². The third kappa shape index (κ3) is 3.26. The number of hydrogen-bond donors (Lipinski definition) is 1. The van der Waals surface area contributed by atoms with Crippen LogP contribution in [0, 0.1) is 17.8 Å². The minimum Gasteiger partial charge on any atom is -0.459 e. The second-order valence-corrected chi connectivity index (χ2v) is 2.12. The highest BCUT2D eigenvalue weighted by atomic mass is 35.5. The number of ether oxygens (including phenoxy) is 1. The average Bonchev–Trinajstić information content (AvgIpc) is 1.84. The number of carbonyl (C=O) groups is 1. The zero-order chi connectivity index (χ0) is 7.40. The van der Waals surface area contributed by atoms with E-state index in [0.29, 0.717) is 5.92 Å². The SMILES string of the molecule is COC(=O)C#CC1CNC1.Cl. The summed E-state index contributed by atoms with van der Waals surface area (Å²) in [4.78, 5) is 10.4. The van der Waals surface area contributed by atoms with Crippen LogP contribution < -0.4 is 5.32 Å². The van der Waals surface area contributed by atoms with E-state index in [0.717, 1.165) is 13.1 Å². The van der Waals surface area contributed by atoms with Gasteiger partial charge in [0.1, 0.15) is 0 Å². The van der Waals surface area contributed by atoms with Crippen LogP contribution in [0.4, 0.5) is 0 Å². The fraction of sp³-hybridized carbons (Fsp3) is 0.571. The van der Waals surface area contributed by atoms with Crippen LogP contribution in [0.25, 0.3) is 0 Å². The van der Waals surface area contributed by atoms with Crippen molar-refractivity contribution < 1.29 is 9.53 Å². The maximum absolute atomic E-state index is 10.4. The van der Waals surface area contributed by atoms with E-state index in [1.54, 1.807) is 0 Å². The summed E-state index contributed by atoms with van der Waals surface area (Å²) < 4.78 is 4.34. The van der Waals surface area contributed by atoms with Gasteiger partial charge < -0.3 is 10.1 Å². The fourth-order valence-corrected chi connectivity index (χ4v) is 0.603. The molecule has 3 nitrogen and oxygen atoms in total. The van der Waals surface area contributed by atoms with Crippen LogP contribution >= 0.6 is 12.4 Å². The molecule has 1 aliphatic rings. The topological polar surface area (TPSA) is 38.3 Å². The smallest absolute Gasteiger partial charge is 0.384 e. The van der Waals surface area contributed by atoms with Gasteiger partial charge in [-0.2, -0.15) is 0 Å². The number of carbonyl (C=O) groups excluding carboxylic acids is 1. The number of hydrogen-bond acceptors (Lipinski definition) is 3. The molecule has 0 radical (unpaired) electrons.